The molecular weight excluding hydrogens is 222 g/mol. The number of nitrogens with one attached hydrogen (secondary N) is 1. The molecule has 0 unspecified atom stereocenters. The monoisotopic (exact) mass is 235 g/mol. The quantitative estimate of drug-likeness (QED) is 0.753. The predicted molar refractivity (Wildman–Crippen MR) is 57.9 cm³/mol. The molecule has 3 heterocycles. The molecule has 0 aromatic carbocycles. The largest absolute Gasteiger partial charge is 0.392 e. The zero-order valence-corrected chi connectivity index (χ0v) is 9.37. The highest BCUT2D eigenvalue weighted by atomic mass is 16.5. The summed E-state index contributed by atoms with van der Waals surface area (Å²) in [6.45, 7) is 0.560. The molecule has 7 heteroatoms. The molecule has 2 atom stereocenters. The standard InChI is InChI=1S/C10H13N5O2/c1-15-3-2-11-9(15)8-13-10(17-14-8)7-4-6(16)5-12-7/h2-3,6-7,12,16H,4-5H2,1H3/t6-,7+/m0/s1. The molecule has 1 aliphatic rings. The summed E-state index contributed by atoms with van der Waals surface area (Å²) < 4.78 is 7.01. The third kappa shape index (κ3) is 1.83. The molecule has 0 aliphatic carbocycles. The van der Waals surface area contributed by atoms with E-state index in [0.717, 1.165) is 0 Å². The molecule has 7 nitrogen and oxygen atoms in total. The number of imidazole rings is 1. The number of aromatic nitrogens is 4. The first-order valence-electron chi connectivity index (χ1n) is 5.47. The van der Waals surface area contributed by atoms with Gasteiger partial charge in [0.25, 0.3) is 0 Å². The number of hydrogen-bond acceptors (Lipinski definition) is 6. The van der Waals surface area contributed by atoms with Gasteiger partial charge in [-0.05, 0) is 6.42 Å². The van der Waals surface area contributed by atoms with Gasteiger partial charge in [-0.25, -0.2) is 4.98 Å². The summed E-state index contributed by atoms with van der Waals surface area (Å²) in [5.41, 5.74) is 0. The Morgan fingerprint density at radius 3 is 3.12 bits per heavy atom. The SMILES string of the molecule is Cn1ccnc1-c1noc([C@H]2C[C@H](O)CN2)n1. The highest BCUT2D eigenvalue weighted by Crippen LogP contribution is 2.23. The summed E-state index contributed by atoms with van der Waals surface area (Å²) in [7, 11) is 1.87. The Bertz CT molecular complexity index is 520. The van der Waals surface area contributed by atoms with Gasteiger partial charge in [-0.2, -0.15) is 4.98 Å². The van der Waals surface area contributed by atoms with Crippen LogP contribution in [0.5, 0.6) is 0 Å². The van der Waals surface area contributed by atoms with Crippen LogP contribution in [-0.2, 0) is 7.05 Å². The fourth-order valence-electron chi connectivity index (χ4n) is 1.95. The minimum absolute atomic E-state index is 0.0634. The molecule has 2 aromatic rings. The van der Waals surface area contributed by atoms with Crippen molar-refractivity contribution in [3.05, 3.63) is 18.3 Å². The first-order valence-corrected chi connectivity index (χ1v) is 5.47. The summed E-state index contributed by atoms with van der Waals surface area (Å²) in [5.74, 6) is 1.63. The highest BCUT2D eigenvalue weighted by molar-refractivity contribution is 5.42. The van der Waals surface area contributed by atoms with Crippen molar-refractivity contribution in [2.75, 3.05) is 6.54 Å². The van der Waals surface area contributed by atoms with Crippen LogP contribution in [0.2, 0.25) is 0 Å². The van der Waals surface area contributed by atoms with Gasteiger partial charge in [0.1, 0.15) is 0 Å². The van der Waals surface area contributed by atoms with Gasteiger partial charge in [0.15, 0.2) is 5.82 Å². The van der Waals surface area contributed by atoms with Crippen molar-refractivity contribution >= 4 is 0 Å². The van der Waals surface area contributed by atoms with E-state index in [2.05, 4.69) is 20.4 Å². The van der Waals surface area contributed by atoms with Crippen molar-refractivity contribution in [3.8, 4) is 11.6 Å². The van der Waals surface area contributed by atoms with E-state index < -0.39 is 0 Å². The Morgan fingerprint density at radius 1 is 1.59 bits per heavy atom. The lowest BCUT2D eigenvalue weighted by molar-refractivity contribution is 0.191. The number of rotatable bonds is 2. The Labute approximate surface area is 97.5 Å². The maximum absolute atomic E-state index is 9.43. The number of aliphatic hydroxyl groups is 1. The molecule has 90 valence electrons. The molecule has 1 aliphatic heterocycles. The first-order chi connectivity index (χ1) is 8.24. The normalized spacial score (nSPS) is 24.4. The lowest BCUT2D eigenvalue weighted by Crippen LogP contribution is -2.15. The van der Waals surface area contributed by atoms with Crippen LogP contribution in [0.25, 0.3) is 11.6 Å². The molecule has 17 heavy (non-hydrogen) atoms. The molecule has 0 amide bonds. The van der Waals surface area contributed by atoms with Crippen LogP contribution in [0.4, 0.5) is 0 Å². The van der Waals surface area contributed by atoms with E-state index in [9.17, 15) is 5.11 Å². The summed E-state index contributed by atoms with van der Waals surface area (Å²) >= 11 is 0. The van der Waals surface area contributed by atoms with Crippen LogP contribution in [-0.4, -0.2) is 37.4 Å². The molecule has 0 bridgehead atoms. The smallest absolute Gasteiger partial charge is 0.244 e. The van der Waals surface area contributed by atoms with Crippen LogP contribution in [0.1, 0.15) is 18.4 Å². The van der Waals surface area contributed by atoms with Gasteiger partial charge >= 0.3 is 0 Å². The molecule has 2 aromatic heterocycles. The fraction of sp³-hybridized carbons (Fsp3) is 0.500. The van der Waals surface area contributed by atoms with E-state index in [1.54, 1.807) is 6.20 Å². The average Bonchev–Trinajstić information content (AvgIpc) is 2.97. The third-order valence-electron chi connectivity index (χ3n) is 2.87. The van der Waals surface area contributed by atoms with Crippen molar-refractivity contribution in [1.82, 2.24) is 25.0 Å². The molecule has 0 spiro atoms. The van der Waals surface area contributed by atoms with E-state index in [-0.39, 0.29) is 12.1 Å². The topological polar surface area (TPSA) is 89.0 Å². The maximum atomic E-state index is 9.43. The second-order valence-electron chi connectivity index (χ2n) is 4.17. The van der Waals surface area contributed by atoms with E-state index in [1.807, 2.05) is 17.8 Å². The molecule has 0 saturated carbocycles. The third-order valence-corrected chi connectivity index (χ3v) is 2.87. The van der Waals surface area contributed by atoms with Crippen molar-refractivity contribution in [1.29, 1.82) is 0 Å². The summed E-state index contributed by atoms with van der Waals surface area (Å²) in [6, 6.07) is -0.0634. The average molecular weight is 235 g/mol. The van der Waals surface area contributed by atoms with Crippen molar-refractivity contribution in [2.45, 2.75) is 18.6 Å². The maximum Gasteiger partial charge on any atom is 0.244 e. The first kappa shape index (κ1) is 10.4. The van der Waals surface area contributed by atoms with Crippen LogP contribution < -0.4 is 5.32 Å². The van der Waals surface area contributed by atoms with Gasteiger partial charge in [0.2, 0.25) is 11.7 Å². The number of hydrogen-bond donors (Lipinski definition) is 2. The Morgan fingerprint density at radius 2 is 2.47 bits per heavy atom. The predicted octanol–water partition coefficient (Wildman–Crippen LogP) is -0.135. The van der Waals surface area contributed by atoms with Crippen LogP contribution in [0.15, 0.2) is 16.9 Å². The molecule has 2 N–H and O–H groups in total. The van der Waals surface area contributed by atoms with Crippen molar-refractivity contribution < 1.29 is 9.63 Å². The molecule has 3 rings (SSSR count). The van der Waals surface area contributed by atoms with Gasteiger partial charge in [-0.3, -0.25) is 0 Å². The highest BCUT2D eigenvalue weighted by Gasteiger charge is 2.28. The summed E-state index contributed by atoms with van der Waals surface area (Å²) in [6.07, 6.45) is 3.76. The van der Waals surface area contributed by atoms with Crippen LogP contribution >= 0.6 is 0 Å². The number of β-amino-alcohol motifs (C(OH)–C–C–N with tert-alkyl or cyclic N) is 1. The van der Waals surface area contributed by atoms with Gasteiger partial charge in [-0.15, -0.1) is 0 Å². The van der Waals surface area contributed by atoms with E-state index in [4.69, 9.17) is 4.52 Å². The zero-order valence-electron chi connectivity index (χ0n) is 9.37. The Balaban J connectivity index is 1.86. The van der Waals surface area contributed by atoms with Crippen molar-refractivity contribution in [2.24, 2.45) is 7.05 Å². The van der Waals surface area contributed by atoms with Crippen LogP contribution in [0, 0.1) is 0 Å². The van der Waals surface area contributed by atoms with Crippen LogP contribution in [0.3, 0.4) is 0 Å². The van der Waals surface area contributed by atoms with E-state index >= 15 is 0 Å². The number of aryl methyl sites for hydroxylation is 1. The minimum Gasteiger partial charge on any atom is -0.392 e. The summed E-state index contributed by atoms with van der Waals surface area (Å²) in [4.78, 5) is 8.44. The fourth-order valence-corrected chi connectivity index (χ4v) is 1.95. The second-order valence-corrected chi connectivity index (χ2v) is 4.17. The van der Waals surface area contributed by atoms with Crippen molar-refractivity contribution in [3.63, 3.8) is 0 Å². The van der Waals surface area contributed by atoms with Gasteiger partial charge in [-0.1, -0.05) is 5.16 Å². The summed E-state index contributed by atoms with van der Waals surface area (Å²) in [5, 5.41) is 16.4. The Kier molecular flexibility index (Phi) is 2.41. The zero-order chi connectivity index (χ0) is 11.8. The van der Waals surface area contributed by atoms with E-state index in [0.29, 0.717) is 30.5 Å². The minimum atomic E-state index is -0.344. The van der Waals surface area contributed by atoms with Gasteiger partial charge < -0.3 is 19.5 Å². The molecular formula is C10H13N5O2. The molecule has 0 radical (unpaired) electrons. The Hall–Kier alpha value is -1.73. The number of nitrogens with zero attached hydrogens (tertiary/aromatic N) is 4. The van der Waals surface area contributed by atoms with E-state index in [1.165, 1.54) is 0 Å². The lowest BCUT2D eigenvalue weighted by Gasteiger charge is -2.01. The van der Waals surface area contributed by atoms with Gasteiger partial charge in [0.05, 0.1) is 12.1 Å². The molecule has 1 saturated heterocycles. The number of aliphatic hydroxyl groups excluding tert-OH is 1. The van der Waals surface area contributed by atoms with Gasteiger partial charge in [0, 0.05) is 26.0 Å². The second kappa shape index (κ2) is 3.94. The lowest BCUT2D eigenvalue weighted by atomic mass is 10.2. The molecule has 1 fully saturated rings.